The molecule has 4 heterocycles. The van der Waals surface area contributed by atoms with Gasteiger partial charge in [0.1, 0.15) is 23.5 Å². The van der Waals surface area contributed by atoms with E-state index in [4.69, 9.17) is 5.11 Å². The number of aliphatic hydroxyl groups is 1. The summed E-state index contributed by atoms with van der Waals surface area (Å²) in [6.45, 7) is 0.600. The highest BCUT2D eigenvalue weighted by Gasteiger charge is 2.30. The van der Waals surface area contributed by atoms with Crippen molar-refractivity contribution in [1.29, 1.82) is 0 Å². The molecule has 1 N–H and O–H groups in total. The van der Waals surface area contributed by atoms with Gasteiger partial charge in [-0.15, -0.1) is 0 Å². The van der Waals surface area contributed by atoms with Crippen LogP contribution in [-0.4, -0.2) is 42.8 Å². The molecule has 29 heavy (non-hydrogen) atoms. The minimum absolute atomic E-state index is 0.0624. The van der Waals surface area contributed by atoms with Crippen molar-refractivity contribution in [3.63, 3.8) is 0 Å². The Balaban J connectivity index is 1.75. The van der Waals surface area contributed by atoms with Crippen LogP contribution in [0.4, 0.5) is 15.9 Å². The minimum Gasteiger partial charge on any atom is -0.395 e. The minimum atomic E-state index is -0.522. The average molecular weight is 396 g/mol. The van der Waals surface area contributed by atoms with Crippen LogP contribution >= 0.6 is 0 Å². The molecule has 3 aromatic heterocycles. The molecule has 0 spiro atoms. The maximum atomic E-state index is 14.0. The summed E-state index contributed by atoms with van der Waals surface area (Å²) in [5, 5.41) is 24.1. The van der Waals surface area contributed by atoms with Crippen molar-refractivity contribution in [3.8, 4) is 11.8 Å². The second kappa shape index (κ2) is 7.81. The summed E-state index contributed by atoms with van der Waals surface area (Å²) in [5.41, 5.74) is 1.06. The number of hydrogen-bond donors (Lipinski definition) is 1. The summed E-state index contributed by atoms with van der Waals surface area (Å²) >= 11 is 0. The monoisotopic (exact) mass is 396 g/mol. The van der Waals surface area contributed by atoms with E-state index in [0.717, 1.165) is 19.0 Å². The molecular formula is C19H17FN6O3. The van der Waals surface area contributed by atoms with Gasteiger partial charge >= 0.3 is 5.69 Å². The van der Waals surface area contributed by atoms with Gasteiger partial charge in [-0.05, 0) is 30.9 Å². The third-order valence-corrected chi connectivity index (χ3v) is 4.77. The van der Waals surface area contributed by atoms with Crippen LogP contribution in [0.15, 0.2) is 30.7 Å². The van der Waals surface area contributed by atoms with Crippen molar-refractivity contribution in [3.05, 3.63) is 57.9 Å². The van der Waals surface area contributed by atoms with Gasteiger partial charge in [-0.2, -0.15) is 5.10 Å². The van der Waals surface area contributed by atoms with E-state index < -0.39 is 10.7 Å². The summed E-state index contributed by atoms with van der Waals surface area (Å²) in [7, 11) is 0. The van der Waals surface area contributed by atoms with E-state index in [2.05, 4.69) is 26.9 Å². The first-order valence-corrected chi connectivity index (χ1v) is 9.09. The third-order valence-electron chi connectivity index (χ3n) is 4.77. The zero-order chi connectivity index (χ0) is 20.4. The molecule has 3 aromatic rings. The molecule has 10 heteroatoms. The zero-order valence-electron chi connectivity index (χ0n) is 15.3. The summed E-state index contributed by atoms with van der Waals surface area (Å²) in [4.78, 5) is 21.2. The Kier molecular flexibility index (Phi) is 5.05. The van der Waals surface area contributed by atoms with E-state index in [0.29, 0.717) is 30.0 Å². The molecule has 1 atom stereocenters. The maximum Gasteiger partial charge on any atom is 0.333 e. The molecule has 148 valence electrons. The SMILES string of the molecule is O=[N+]([O-])c1cnn2ccc(N3CCCC3c3cc(F)cnc3C#CCCO)nc12. The van der Waals surface area contributed by atoms with Crippen LogP contribution in [0.3, 0.4) is 0 Å². The standard InChI is InChI=1S/C19H17FN6O3/c20-13-10-14(15(21-11-13)4-1-2-9-27)16-5-3-7-24(16)18-6-8-25-19(23-18)17(12-22-25)26(28)29/h6,8,10-12,16,27H,2-3,5,7,9H2. The Labute approximate surface area is 165 Å². The Morgan fingerprint density at radius 1 is 1.41 bits per heavy atom. The van der Waals surface area contributed by atoms with E-state index in [-0.39, 0.29) is 24.0 Å². The average Bonchev–Trinajstić information content (AvgIpc) is 3.35. The molecule has 1 unspecified atom stereocenters. The number of hydrogen-bond acceptors (Lipinski definition) is 7. The lowest BCUT2D eigenvalue weighted by atomic mass is 10.0. The molecule has 0 aromatic carbocycles. The molecule has 0 radical (unpaired) electrons. The molecule has 1 aliphatic heterocycles. The van der Waals surface area contributed by atoms with Crippen LogP contribution < -0.4 is 4.90 Å². The van der Waals surface area contributed by atoms with E-state index in [1.807, 2.05) is 4.90 Å². The van der Waals surface area contributed by atoms with E-state index >= 15 is 0 Å². The van der Waals surface area contributed by atoms with Gasteiger partial charge in [-0.1, -0.05) is 5.92 Å². The fourth-order valence-corrected chi connectivity index (χ4v) is 3.52. The van der Waals surface area contributed by atoms with Gasteiger partial charge in [0.2, 0.25) is 5.65 Å². The number of halogens is 1. The van der Waals surface area contributed by atoms with Crippen molar-refractivity contribution in [1.82, 2.24) is 19.6 Å². The zero-order valence-corrected chi connectivity index (χ0v) is 15.3. The van der Waals surface area contributed by atoms with E-state index in [9.17, 15) is 14.5 Å². The molecule has 1 fully saturated rings. The molecular weight excluding hydrogens is 379 g/mol. The van der Waals surface area contributed by atoms with Crippen molar-refractivity contribution in [2.24, 2.45) is 0 Å². The van der Waals surface area contributed by atoms with Crippen LogP contribution in [0.1, 0.15) is 36.6 Å². The van der Waals surface area contributed by atoms with Crippen LogP contribution in [0.25, 0.3) is 5.65 Å². The van der Waals surface area contributed by atoms with Gasteiger partial charge in [-0.3, -0.25) is 10.1 Å². The molecule has 0 amide bonds. The second-order valence-electron chi connectivity index (χ2n) is 6.56. The first-order chi connectivity index (χ1) is 14.1. The first kappa shape index (κ1) is 18.8. The number of pyridine rings is 1. The van der Waals surface area contributed by atoms with Crippen molar-refractivity contribution >= 4 is 17.2 Å². The topological polar surface area (TPSA) is 110 Å². The Morgan fingerprint density at radius 2 is 2.28 bits per heavy atom. The van der Waals surface area contributed by atoms with Crippen LogP contribution in [0, 0.1) is 27.8 Å². The lowest BCUT2D eigenvalue weighted by Gasteiger charge is -2.26. The lowest BCUT2D eigenvalue weighted by Crippen LogP contribution is -2.25. The van der Waals surface area contributed by atoms with Crippen molar-refractivity contribution in [2.45, 2.75) is 25.3 Å². The highest BCUT2D eigenvalue weighted by atomic mass is 19.1. The van der Waals surface area contributed by atoms with Gasteiger partial charge in [0, 0.05) is 24.7 Å². The highest BCUT2D eigenvalue weighted by molar-refractivity contribution is 5.61. The van der Waals surface area contributed by atoms with Crippen molar-refractivity contribution < 1.29 is 14.4 Å². The third kappa shape index (κ3) is 3.60. The lowest BCUT2D eigenvalue weighted by molar-refractivity contribution is -0.383. The van der Waals surface area contributed by atoms with E-state index in [1.54, 1.807) is 12.3 Å². The van der Waals surface area contributed by atoms with Gasteiger partial charge in [0.15, 0.2) is 0 Å². The molecule has 0 aliphatic carbocycles. The van der Waals surface area contributed by atoms with Gasteiger partial charge in [0.05, 0.1) is 23.8 Å². The summed E-state index contributed by atoms with van der Waals surface area (Å²) in [6.07, 6.45) is 5.79. The van der Waals surface area contributed by atoms with Gasteiger partial charge in [-0.25, -0.2) is 18.9 Å². The second-order valence-corrected chi connectivity index (χ2v) is 6.56. The van der Waals surface area contributed by atoms with Crippen LogP contribution in [0.2, 0.25) is 0 Å². The normalized spacial score (nSPS) is 16.1. The number of aromatic nitrogens is 4. The molecule has 1 aliphatic rings. The quantitative estimate of drug-likeness (QED) is 0.409. The number of aliphatic hydroxyl groups excluding tert-OH is 1. The van der Waals surface area contributed by atoms with Crippen molar-refractivity contribution in [2.75, 3.05) is 18.1 Å². The first-order valence-electron chi connectivity index (χ1n) is 9.09. The molecule has 1 saturated heterocycles. The van der Waals surface area contributed by atoms with Gasteiger partial charge < -0.3 is 10.0 Å². The van der Waals surface area contributed by atoms with Crippen LogP contribution in [0.5, 0.6) is 0 Å². The number of nitrogens with zero attached hydrogens (tertiary/aromatic N) is 6. The largest absolute Gasteiger partial charge is 0.395 e. The fraction of sp³-hybridized carbons (Fsp3) is 0.316. The van der Waals surface area contributed by atoms with E-state index in [1.165, 1.54) is 16.8 Å². The van der Waals surface area contributed by atoms with Gasteiger partial charge in [0.25, 0.3) is 0 Å². The Bertz CT molecular complexity index is 1140. The molecule has 0 saturated carbocycles. The van der Waals surface area contributed by atoms with Crippen LogP contribution in [-0.2, 0) is 0 Å². The highest BCUT2D eigenvalue weighted by Crippen LogP contribution is 2.37. The summed E-state index contributed by atoms with van der Waals surface area (Å²) in [5.74, 6) is 5.81. The maximum absolute atomic E-state index is 14.0. The number of nitro groups is 1. The predicted octanol–water partition coefficient (Wildman–Crippen LogP) is 2.25. The summed E-state index contributed by atoms with van der Waals surface area (Å²) in [6, 6.07) is 2.93. The number of anilines is 1. The molecule has 9 nitrogen and oxygen atoms in total. The predicted molar refractivity (Wildman–Crippen MR) is 102 cm³/mol. The molecule has 4 rings (SSSR count). The summed E-state index contributed by atoms with van der Waals surface area (Å²) < 4.78 is 15.3. The number of rotatable bonds is 4. The Morgan fingerprint density at radius 3 is 3.07 bits per heavy atom. The number of fused-ring (bicyclic) bond motifs is 1. The Hall–Kier alpha value is -3.58. The fourth-order valence-electron chi connectivity index (χ4n) is 3.52. The molecule has 0 bridgehead atoms. The smallest absolute Gasteiger partial charge is 0.333 e.